The van der Waals surface area contributed by atoms with E-state index in [1.807, 2.05) is 20.0 Å². The van der Waals surface area contributed by atoms with Gasteiger partial charge < -0.3 is 15.4 Å². The molecule has 0 bridgehead atoms. The monoisotopic (exact) mass is 252 g/mol. The summed E-state index contributed by atoms with van der Waals surface area (Å²) in [6.45, 7) is 7.61. The fraction of sp³-hybridized carbons (Fsp3) is 0.692. The van der Waals surface area contributed by atoms with Gasteiger partial charge in [-0.3, -0.25) is 0 Å². The molecule has 1 heterocycles. The minimum absolute atomic E-state index is 0.235. The average molecular weight is 252 g/mol. The van der Waals surface area contributed by atoms with Gasteiger partial charge in [-0.15, -0.1) is 0 Å². The highest BCUT2D eigenvalue weighted by molar-refractivity contribution is 5.47. The van der Waals surface area contributed by atoms with Gasteiger partial charge in [0, 0.05) is 32.2 Å². The van der Waals surface area contributed by atoms with Crippen LogP contribution in [0.3, 0.4) is 0 Å². The number of anilines is 2. The zero-order valence-electron chi connectivity index (χ0n) is 11.8. The SMILES string of the molecule is CCCc1nc(NC)cc(NC(C)COCC)n1. The number of hydrogen-bond donors (Lipinski definition) is 2. The second-order valence-corrected chi connectivity index (χ2v) is 4.26. The molecule has 0 saturated carbocycles. The number of aryl methyl sites for hydroxylation is 1. The van der Waals surface area contributed by atoms with Gasteiger partial charge in [0.15, 0.2) is 0 Å². The highest BCUT2D eigenvalue weighted by atomic mass is 16.5. The molecule has 0 aromatic carbocycles. The highest BCUT2D eigenvalue weighted by Crippen LogP contribution is 2.13. The van der Waals surface area contributed by atoms with E-state index in [2.05, 4.69) is 34.4 Å². The Morgan fingerprint density at radius 2 is 2.00 bits per heavy atom. The zero-order valence-corrected chi connectivity index (χ0v) is 11.8. The van der Waals surface area contributed by atoms with Gasteiger partial charge in [-0.25, -0.2) is 9.97 Å². The molecule has 1 atom stereocenters. The van der Waals surface area contributed by atoms with Crippen LogP contribution in [0.25, 0.3) is 0 Å². The molecule has 5 nitrogen and oxygen atoms in total. The van der Waals surface area contributed by atoms with Crippen molar-refractivity contribution in [3.63, 3.8) is 0 Å². The van der Waals surface area contributed by atoms with Gasteiger partial charge >= 0.3 is 0 Å². The average Bonchev–Trinajstić information content (AvgIpc) is 2.36. The number of nitrogens with one attached hydrogen (secondary N) is 2. The van der Waals surface area contributed by atoms with Crippen molar-refractivity contribution < 1.29 is 4.74 Å². The van der Waals surface area contributed by atoms with Crippen LogP contribution in [0.2, 0.25) is 0 Å². The fourth-order valence-electron chi connectivity index (χ4n) is 1.62. The number of aromatic nitrogens is 2. The lowest BCUT2D eigenvalue weighted by molar-refractivity contribution is 0.141. The second-order valence-electron chi connectivity index (χ2n) is 4.26. The van der Waals surface area contributed by atoms with Crippen molar-refractivity contribution in [1.29, 1.82) is 0 Å². The van der Waals surface area contributed by atoms with E-state index in [0.29, 0.717) is 6.61 Å². The fourth-order valence-corrected chi connectivity index (χ4v) is 1.62. The topological polar surface area (TPSA) is 59.1 Å². The molecule has 5 heteroatoms. The molecule has 0 aliphatic rings. The van der Waals surface area contributed by atoms with Crippen LogP contribution in [0.4, 0.5) is 11.6 Å². The van der Waals surface area contributed by atoms with Crippen molar-refractivity contribution in [3.8, 4) is 0 Å². The van der Waals surface area contributed by atoms with Crippen molar-refractivity contribution in [2.75, 3.05) is 30.9 Å². The lowest BCUT2D eigenvalue weighted by Crippen LogP contribution is -2.22. The minimum atomic E-state index is 0.235. The van der Waals surface area contributed by atoms with Crippen LogP contribution in [0.5, 0.6) is 0 Å². The van der Waals surface area contributed by atoms with Gasteiger partial charge in [0.2, 0.25) is 0 Å². The van der Waals surface area contributed by atoms with E-state index in [0.717, 1.165) is 36.9 Å². The Morgan fingerprint density at radius 1 is 1.28 bits per heavy atom. The third-order valence-electron chi connectivity index (χ3n) is 2.47. The summed E-state index contributed by atoms with van der Waals surface area (Å²) < 4.78 is 5.38. The normalized spacial score (nSPS) is 12.2. The Hall–Kier alpha value is -1.36. The Kier molecular flexibility index (Phi) is 6.43. The summed E-state index contributed by atoms with van der Waals surface area (Å²) in [5, 5.41) is 6.39. The lowest BCUT2D eigenvalue weighted by atomic mass is 10.3. The molecule has 18 heavy (non-hydrogen) atoms. The maximum absolute atomic E-state index is 5.38. The lowest BCUT2D eigenvalue weighted by Gasteiger charge is -2.15. The molecule has 0 radical (unpaired) electrons. The van der Waals surface area contributed by atoms with E-state index in [-0.39, 0.29) is 6.04 Å². The highest BCUT2D eigenvalue weighted by Gasteiger charge is 2.06. The summed E-state index contributed by atoms with van der Waals surface area (Å²) in [4.78, 5) is 8.92. The van der Waals surface area contributed by atoms with Crippen LogP contribution in [0.15, 0.2) is 6.07 Å². The molecular formula is C13H24N4O. The first kappa shape index (κ1) is 14.7. The van der Waals surface area contributed by atoms with E-state index in [1.54, 1.807) is 0 Å². The van der Waals surface area contributed by atoms with Crippen LogP contribution in [-0.2, 0) is 11.2 Å². The predicted molar refractivity (Wildman–Crippen MR) is 75.2 cm³/mol. The van der Waals surface area contributed by atoms with Crippen LogP contribution < -0.4 is 10.6 Å². The molecule has 0 amide bonds. The zero-order chi connectivity index (χ0) is 13.4. The standard InChI is InChI=1S/C13H24N4O/c1-5-7-11-16-12(14-4)8-13(17-11)15-10(3)9-18-6-2/h8,10H,5-7,9H2,1-4H3,(H2,14,15,16,17). The van der Waals surface area contributed by atoms with Gasteiger partial charge in [0.1, 0.15) is 17.5 Å². The molecule has 1 rings (SSSR count). The Morgan fingerprint density at radius 3 is 2.61 bits per heavy atom. The van der Waals surface area contributed by atoms with Gasteiger partial charge in [-0.2, -0.15) is 0 Å². The Bertz CT molecular complexity index is 357. The van der Waals surface area contributed by atoms with Crippen LogP contribution >= 0.6 is 0 Å². The summed E-state index contributed by atoms with van der Waals surface area (Å²) in [5.41, 5.74) is 0. The largest absolute Gasteiger partial charge is 0.380 e. The number of rotatable bonds is 8. The number of nitrogens with zero attached hydrogens (tertiary/aromatic N) is 2. The van der Waals surface area contributed by atoms with Gasteiger partial charge in [0.25, 0.3) is 0 Å². The van der Waals surface area contributed by atoms with E-state index in [1.165, 1.54) is 0 Å². The van der Waals surface area contributed by atoms with E-state index < -0.39 is 0 Å². The first-order valence-corrected chi connectivity index (χ1v) is 6.59. The first-order valence-electron chi connectivity index (χ1n) is 6.59. The molecule has 0 fully saturated rings. The molecule has 0 saturated heterocycles. The van der Waals surface area contributed by atoms with Crippen LogP contribution in [0, 0.1) is 0 Å². The molecule has 0 aliphatic heterocycles. The summed E-state index contributed by atoms with van der Waals surface area (Å²) in [6, 6.07) is 2.15. The molecule has 102 valence electrons. The van der Waals surface area contributed by atoms with E-state index in [4.69, 9.17) is 4.74 Å². The number of hydrogen-bond acceptors (Lipinski definition) is 5. The first-order chi connectivity index (χ1) is 8.69. The van der Waals surface area contributed by atoms with Crippen LogP contribution in [-0.4, -0.2) is 36.3 Å². The molecule has 0 aliphatic carbocycles. The Labute approximate surface area is 109 Å². The number of ether oxygens (including phenoxy) is 1. The smallest absolute Gasteiger partial charge is 0.133 e. The summed E-state index contributed by atoms with van der Waals surface area (Å²) in [7, 11) is 1.87. The van der Waals surface area contributed by atoms with Gasteiger partial charge in [0.05, 0.1) is 6.61 Å². The van der Waals surface area contributed by atoms with E-state index in [9.17, 15) is 0 Å². The molecule has 1 unspecified atom stereocenters. The van der Waals surface area contributed by atoms with Crippen molar-refractivity contribution in [2.24, 2.45) is 0 Å². The summed E-state index contributed by atoms with van der Waals surface area (Å²) in [6.07, 6.45) is 1.94. The van der Waals surface area contributed by atoms with Crippen molar-refractivity contribution in [3.05, 3.63) is 11.9 Å². The summed E-state index contributed by atoms with van der Waals surface area (Å²) >= 11 is 0. The van der Waals surface area contributed by atoms with Crippen molar-refractivity contribution >= 4 is 11.6 Å². The van der Waals surface area contributed by atoms with Crippen molar-refractivity contribution in [2.45, 2.75) is 39.7 Å². The molecule has 2 N–H and O–H groups in total. The summed E-state index contributed by atoms with van der Waals surface area (Å²) in [5.74, 6) is 2.57. The third-order valence-corrected chi connectivity index (χ3v) is 2.47. The molecule has 1 aromatic heterocycles. The van der Waals surface area contributed by atoms with E-state index >= 15 is 0 Å². The quantitative estimate of drug-likeness (QED) is 0.743. The maximum Gasteiger partial charge on any atom is 0.133 e. The maximum atomic E-state index is 5.38. The second kappa shape index (κ2) is 7.87. The van der Waals surface area contributed by atoms with Crippen molar-refractivity contribution in [1.82, 2.24) is 9.97 Å². The third kappa shape index (κ3) is 4.87. The molecule has 0 spiro atoms. The van der Waals surface area contributed by atoms with Gasteiger partial charge in [-0.1, -0.05) is 6.92 Å². The van der Waals surface area contributed by atoms with Gasteiger partial charge in [-0.05, 0) is 20.3 Å². The molecular weight excluding hydrogens is 228 g/mol. The molecule has 1 aromatic rings. The predicted octanol–water partition coefficient (Wildman–Crippen LogP) is 2.31. The van der Waals surface area contributed by atoms with Crippen LogP contribution in [0.1, 0.15) is 33.0 Å². The Balaban J connectivity index is 2.71. The minimum Gasteiger partial charge on any atom is -0.380 e.